The molecule has 3 N–H and O–H groups in total. The van der Waals surface area contributed by atoms with Crippen LogP contribution in [0.1, 0.15) is 5.76 Å². The summed E-state index contributed by atoms with van der Waals surface area (Å²) in [4.78, 5) is 0. The predicted octanol–water partition coefficient (Wildman–Crippen LogP) is 2.96. The van der Waals surface area contributed by atoms with Crippen molar-refractivity contribution in [1.29, 1.82) is 0 Å². The monoisotopic (exact) mass is 394 g/mol. The maximum absolute atomic E-state index is 11.1. The Bertz CT molecular complexity index is 761. The maximum Gasteiger partial charge on any atom is 0.271 e. The minimum atomic E-state index is -3.84. The molecule has 1 heterocycles. The Labute approximate surface area is 135 Å². The molecular weight excluding hydrogens is 384 g/mol. The van der Waals surface area contributed by atoms with Gasteiger partial charge in [0.15, 0.2) is 5.75 Å². The summed E-state index contributed by atoms with van der Waals surface area (Å²) < 4.78 is 33.4. The molecule has 0 spiro atoms. The van der Waals surface area contributed by atoms with Gasteiger partial charge in [-0.15, -0.1) is 0 Å². The largest absolute Gasteiger partial charge is 0.493 e. The molecule has 0 saturated carbocycles. The van der Waals surface area contributed by atoms with E-state index in [1.54, 1.807) is 12.1 Å². The van der Waals surface area contributed by atoms with Gasteiger partial charge in [-0.1, -0.05) is 11.6 Å². The van der Waals surface area contributed by atoms with Gasteiger partial charge in [0.2, 0.25) is 5.09 Å². The van der Waals surface area contributed by atoms with Crippen molar-refractivity contribution in [2.45, 2.75) is 11.6 Å². The first kappa shape index (κ1) is 16.2. The Kier molecular flexibility index (Phi) is 4.82. The molecule has 1 aromatic carbocycles. The molecule has 6 nitrogen and oxygen atoms in total. The number of hydrogen-bond acceptors (Lipinski definition) is 5. The number of halogens is 2. The normalized spacial score (nSPS) is 11.4. The topological polar surface area (TPSA) is 94.6 Å². The Morgan fingerprint density at radius 3 is 2.71 bits per heavy atom. The number of nitrogens with one attached hydrogen (secondary N) is 1. The highest BCUT2D eigenvalue weighted by Crippen LogP contribution is 2.36. The van der Waals surface area contributed by atoms with Crippen molar-refractivity contribution in [2.24, 2.45) is 5.14 Å². The van der Waals surface area contributed by atoms with Crippen LogP contribution in [0.2, 0.25) is 5.02 Å². The average molecular weight is 396 g/mol. The van der Waals surface area contributed by atoms with Crippen molar-refractivity contribution in [3.8, 4) is 5.75 Å². The van der Waals surface area contributed by atoms with Gasteiger partial charge in [0.05, 0.1) is 23.8 Å². The lowest BCUT2D eigenvalue weighted by Crippen LogP contribution is -2.10. The van der Waals surface area contributed by atoms with Crippen molar-refractivity contribution >= 4 is 43.2 Å². The fourth-order valence-corrected chi connectivity index (χ4v) is 3.14. The second-order valence-electron chi connectivity index (χ2n) is 4.09. The van der Waals surface area contributed by atoms with Crippen LogP contribution in [0.4, 0.5) is 5.69 Å². The number of hydrogen-bond donors (Lipinski definition) is 2. The summed E-state index contributed by atoms with van der Waals surface area (Å²) in [6.07, 6.45) is 0. The molecule has 0 aliphatic rings. The Balaban J connectivity index is 2.19. The van der Waals surface area contributed by atoms with Crippen LogP contribution in [-0.4, -0.2) is 15.5 Å². The molecule has 21 heavy (non-hydrogen) atoms. The van der Waals surface area contributed by atoms with E-state index in [2.05, 4.69) is 21.2 Å². The molecule has 114 valence electrons. The van der Waals surface area contributed by atoms with E-state index in [0.717, 1.165) is 0 Å². The van der Waals surface area contributed by atoms with Gasteiger partial charge in [0.1, 0.15) is 5.76 Å². The van der Waals surface area contributed by atoms with Crippen molar-refractivity contribution in [3.05, 3.63) is 39.5 Å². The Morgan fingerprint density at radius 1 is 1.43 bits per heavy atom. The zero-order valence-electron chi connectivity index (χ0n) is 10.9. The number of nitrogens with two attached hydrogens (primary N) is 1. The first-order valence-electron chi connectivity index (χ1n) is 5.69. The second kappa shape index (κ2) is 6.27. The zero-order chi connectivity index (χ0) is 15.6. The highest BCUT2D eigenvalue weighted by molar-refractivity contribution is 9.10. The molecule has 9 heteroatoms. The molecule has 0 amide bonds. The van der Waals surface area contributed by atoms with Gasteiger partial charge in [-0.3, -0.25) is 0 Å². The molecule has 0 atom stereocenters. The lowest BCUT2D eigenvalue weighted by Gasteiger charge is -2.12. The standard InChI is InChI=1S/C12H12BrClN2O4S/c1-19-12-9(13)4-7(14)5-10(12)16-6-8-2-3-11(20-8)21(15,17)18/h2-5,16H,6H2,1H3,(H2,15,17,18). The SMILES string of the molecule is COc1c(Br)cc(Cl)cc1NCc1ccc(S(N)(=O)=O)o1. The van der Waals surface area contributed by atoms with E-state index in [-0.39, 0.29) is 11.6 Å². The summed E-state index contributed by atoms with van der Waals surface area (Å²) in [5.41, 5.74) is 0.644. The quantitative estimate of drug-likeness (QED) is 0.811. The third kappa shape index (κ3) is 3.91. The van der Waals surface area contributed by atoms with Gasteiger partial charge in [0.25, 0.3) is 10.0 Å². The van der Waals surface area contributed by atoms with E-state index in [1.807, 2.05) is 0 Å². The fraction of sp³-hybridized carbons (Fsp3) is 0.167. The molecular formula is C12H12BrClN2O4S. The average Bonchev–Trinajstić information content (AvgIpc) is 2.84. The number of anilines is 1. The molecule has 0 aliphatic heterocycles. The highest BCUT2D eigenvalue weighted by Gasteiger charge is 2.14. The molecule has 0 aliphatic carbocycles. The fourth-order valence-electron chi connectivity index (χ4n) is 1.69. The van der Waals surface area contributed by atoms with E-state index >= 15 is 0 Å². The maximum atomic E-state index is 11.1. The van der Waals surface area contributed by atoms with Crippen LogP contribution in [0.25, 0.3) is 0 Å². The molecule has 0 fully saturated rings. The molecule has 0 bridgehead atoms. The highest BCUT2D eigenvalue weighted by atomic mass is 79.9. The lowest BCUT2D eigenvalue weighted by molar-refractivity contribution is 0.410. The van der Waals surface area contributed by atoms with Crippen molar-refractivity contribution in [3.63, 3.8) is 0 Å². The minimum absolute atomic E-state index is 0.249. The van der Waals surface area contributed by atoms with E-state index in [9.17, 15) is 8.42 Å². The van der Waals surface area contributed by atoms with Crippen LogP contribution in [0.15, 0.2) is 38.2 Å². The third-order valence-electron chi connectivity index (χ3n) is 2.58. The minimum Gasteiger partial charge on any atom is -0.493 e. The number of sulfonamides is 1. The molecule has 0 radical (unpaired) electrons. The smallest absolute Gasteiger partial charge is 0.271 e. The van der Waals surface area contributed by atoms with E-state index in [1.165, 1.54) is 19.2 Å². The van der Waals surface area contributed by atoms with E-state index < -0.39 is 10.0 Å². The van der Waals surface area contributed by atoms with E-state index in [0.29, 0.717) is 26.7 Å². The molecule has 0 unspecified atom stereocenters. The molecule has 2 aromatic rings. The Morgan fingerprint density at radius 2 is 2.14 bits per heavy atom. The number of rotatable bonds is 5. The van der Waals surface area contributed by atoms with Gasteiger partial charge >= 0.3 is 0 Å². The summed E-state index contributed by atoms with van der Waals surface area (Å²) >= 11 is 9.33. The summed E-state index contributed by atoms with van der Waals surface area (Å²) in [6, 6.07) is 6.22. The Hall–Kier alpha value is -1.22. The molecule has 2 rings (SSSR count). The van der Waals surface area contributed by atoms with Crippen LogP contribution >= 0.6 is 27.5 Å². The molecule has 1 aromatic heterocycles. The zero-order valence-corrected chi connectivity index (χ0v) is 14.0. The summed E-state index contributed by atoms with van der Waals surface area (Å²) in [7, 11) is -2.31. The van der Waals surface area contributed by atoms with Crippen LogP contribution in [-0.2, 0) is 16.6 Å². The van der Waals surface area contributed by atoms with Gasteiger partial charge in [0, 0.05) is 5.02 Å². The summed E-state index contributed by atoms with van der Waals surface area (Å²) in [5.74, 6) is 0.995. The first-order chi connectivity index (χ1) is 9.81. The van der Waals surface area contributed by atoms with Gasteiger partial charge in [-0.25, -0.2) is 13.6 Å². The number of methoxy groups -OCH3 is 1. The van der Waals surface area contributed by atoms with Crippen LogP contribution in [0, 0.1) is 0 Å². The number of ether oxygens (including phenoxy) is 1. The van der Waals surface area contributed by atoms with Crippen molar-refractivity contribution in [2.75, 3.05) is 12.4 Å². The van der Waals surface area contributed by atoms with Gasteiger partial charge < -0.3 is 14.5 Å². The predicted molar refractivity (Wildman–Crippen MR) is 83.1 cm³/mol. The third-order valence-corrected chi connectivity index (χ3v) is 4.17. The van der Waals surface area contributed by atoms with E-state index in [4.69, 9.17) is 25.9 Å². The van der Waals surface area contributed by atoms with Crippen LogP contribution in [0.3, 0.4) is 0 Å². The van der Waals surface area contributed by atoms with Crippen molar-refractivity contribution in [1.82, 2.24) is 0 Å². The number of benzene rings is 1. The summed E-state index contributed by atoms with van der Waals surface area (Å²) in [6.45, 7) is 0.249. The summed E-state index contributed by atoms with van der Waals surface area (Å²) in [5, 5.41) is 8.28. The van der Waals surface area contributed by atoms with Gasteiger partial charge in [-0.05, 0) is 40.2 Å². The van der Waals surface area contributed by atoms with Crippen molar-refractivity contribution < 1.29 is 17.6 Å². The number of primary sulfonamides is 1. The van der Waals surface area contributed by atoms with Gasteiger partial charge in [-0.2, -0.15) is 0 Å². The first-order valence-corrected chi connectivity index (χ1v) is 8.41. The lowest BCUT2D eigenvalue weighted by atomic mass is 10.3. The molecule has 0 saturated heterocycles. The number of furan rings is 1. The second-order valence-corrected chi connectivity index (χ2v) is 6.87. The van der Waals surface area contributed by atoms with Crippen LogP contribution < -0.4 is 15.2 Å². The van der Waals surface area contributed by atoms with Crippen LogP contribution in [0.5, 0.6) is 5.75 Å².